The van der Waals surface area contributed by atoms with Crippen LogP contribution in [0, 0.1) is 6.92 Å². The van der Waals surface area contributed by atoms with E-state index in [1.165, 1.54) is 11.3 Å². The maximum Gasteiger partial charge on any atom is 0.0926 e. The SMILES string of the molecule is Cc1cc(-c2ccccc2)nn1C(C)(C)C. The Balaban J connectivity index is 2.47. The molecule has 0 N–H and O–H groups in total. The van der Waals surface area contributed by atoms with Crippen molar-refractivity contribution < 1.29 is 0 Å². The average molecular weight is 214 g/mol. The van der Waals surface area contributed by atoms with Gasteiger partial charge < -0.3 is 0 Å². The highest BCUT2D eigenvalue weighted by Crippen LogP contribution is 2.22. The highest BCUT2D eigenvalue weighted by molar-refractivity contribution is 5.59. The second-order valence-corrected chi connectivity index (χ2v) is 5.12. The summed E-state index contributed by atoms with van der Waals surface area (Å²) in [5.41, 5.74) is 3.46. The second kappa shape index (κ2) is 3.78. The van der Waals surface area contributed by atoms with E-state index >= 15 is 0 Å². The molecular weight excluding hydrogens is 196 g/mol. The summed E-state index contributed by atoms with van der Waals surface area (Å²) in [4.78, 5) is 0. The molecule has 0 fully saturated rings. The molecule has 84 valence electrons. The fourth-order valence-electron chi connectivity index (χ4n) is 1.90. The topological polar surface area (TPSA) is 17.8 Å². The molecule has 0 aliphatic rings. The Labute approximate surface area is 96.9 Å². The van der Waals surface area contributed by atoms with Crippen molar-refractivity contribution in [2.75, 3.05) is 0 Å². The van der Waals surface area contributed by atoms with Crippen molar-refractivity contribution >= 4 is 0 Å². The normalized spacial score (nSPS) is 11.8. The Kier molecular flexibility index (Phi) is 2.58. The molecule has 16 heavy (non-hydrogen) atoms. The Hall–Kier alpha value is -1.57. The highest BCUT2D eigenvalue weighted by atomic mass is 15.3. The van der Waals surface area contributed by atoms with Gasteiger partial charge in [0.1, 0.15) is 0 Å². The maximum absolute atomic E-state index is 4.67. The number of hydrogen-bond acceptors (Lipinski definition) is 1. The summed E-state index contributed by atoms with van der Waals surface area (Å²) in [6.07, 6.45) is 0. The van der Waals surface area contributed by atoms with E-state index in [0.717, 1.165) is 5.69 Å². The van der Waals surface area contributed by atoms with Gasteiger partial charge in [-0.05, 0) is 33.8 Å². The van der Waals surface area contributed by atoms with Gasteiger partial charge >= 0.3 is 0 Å². The largest absolute Gasteiger partial charge is 0.264 e. The number of benzene rings is 1. The molecule has 1 aromatic heterocycles. The summed E-state index contributed by atoms with van der Waals surface area (Å²) in [5.74, 6) is 0. The highest BCUT2D eigenvalue weighted by Gasteiger charge is 2.17. The van der Waals surface area contributed by atoms with Gasteiger partial charge in [-0.2, -0.15) is 5.10 Å². The predicted octanol–water partition coefficient (Wildman–Crippen LogP) is 3.61. The molecule has 0 aliphatic carbocycles. The van der Waals surface area contributed by atoms with Crippen molar-refractivity contribution in [1.82, 2.24) is 9.78 Å². The average Bonchev–Trinajstić information content (AvgIpc) is 2.61. The Bertz CT molecular complexity index is 475. The number of aromatic nitrogens is 2. The van der Waals surface area contributed by atoms with Gasteiger partial charge in [0.05, 0.1) is 11.2 Å². The summed E-state index contributed by atoms with van der Waals surface area (Å²) >= 11 is 0. The Morgan fingerprint density at radius 3 is 2.19 bits per heavy atom. The van der Waals surface area contributed by atoms with Crippen LogP contribution in [0.3, 0.4) is 0 Å². The Morgan fingerprint density at radius 1 is 1.06 bits per heavy atom. The molecule has 0 spiro atoms. The number of aryl methyl sites for hydroxylation is 1. The zero-order chi connectivity index (χ0) is 11.8. The van der Waals surface area contributed by atoms with E-state index in [0.29, 0.717) is 0 Å². The van der Waals surface area contributed by atoms with Crippen LogP contribution in [-0.4, -0.2) is 9.78 Å². The maximum atomic E-state index is 4.67. The van der Waals surface area contributed by atoms with Crippen molar-refractivity contribution in [2.45, 2.75) is 33.2 Å². The molecule has 0 saturated heterocycles. The first-order valence-corrected chi connectivity index (χ1v) is 5.61. The van der Waals surface area contributed by atoms with Gasteiger partial charge in [-0.25, -0.2) is 0 Å². The lowest BCUT2D eigenvalue weighted by Gasteiger charge is -2.21. The third-order valence-corrected chi connectivity index (χ3v) is 2.59. The van der Waals surface area contributed by atoms with Crippen LogP contribution in [0.25, 0.3) is 11.3 Å². The smallest absolute Gasteiger partial charge is 0.0926 e. The van der Waals surface area contributed by atoms with E-state index in [-0.39, 0.29) is 5.54 Å². The van der Waals surface area contributed by atoms with E-state index in [1.54, 1.807) is 0 Å². The first kappa shape index (κ1) is 10.9. The summed E-state index contributed by atoms with van der Waals surface area (Å²) in [6, 6.07) is 12.4. The third kappa shape index (κ3) is 2.01. The quantitative estimate of drug-likeness (QED) is 0.709. The molecule has 0 unspecified atom stereocenters. The Morgan fingerprint density at radius 2 is 1.69 bits per heavy atom. The van der Waals surface area contributed by atoms with Crippen LogP contribution < -0.4 is 0 Å². The summed E-state index contributed by atoms with van der Waals surface area (Å²) in [7, 11) is 0. The molecule has 0 amide bonds. The fraction of sp³-hybridized carbons (Fsp3) is 0.357. The standard InChI is InChI=1S/C14H18N2/c1-11-10-13(12-8-6-5-7-9-12)15-16(11)14(2,3)4/h5-10H,1-4H3. The van der Waals surface area contributed by atoms with Crippen molar-refractivity contribution in [2.24, 2.45) is 0 Å². The van der Waals surface area contributed by atoms with E-state index in [1.807, 2.05) is 18.2 Å². The van der Waals surface area contributed by atoms with Crippen LogP contribution in [0.15, 0.2) is 36.4 Å². The van der Waals surface area contributed by atoms with E-state index < -0.39 is 0 Å². The molecule has 1 heterocycles. The molecule has 1 aromatic carbocycles. The molecule has 0 aliphatic heterocycles. The molecular formula is C14H18N2. The van der Waals surface area contributed by atoms with Crippen molar-refractivity contribution in [1.29, 1.82) is 0 Å². The van der Waals surface area contributed by atoms with Gasteiger partial charge in [0.15, 0.2) is 0 Å². The van der Waals surface area contributed by atoms with Crippen LogP contribution in [0.1, 0.15) is 26.5 Å². The minimum Gasteiger partial charge on any atom is -0.264 e. The van der Waals surface area contributed by atoms with Crippen molar-refractivity contribution in [3.05, 3.63) is 42.1 Å². The van der Waals surface area contributed by atoms with Gasteiger partial charge in [-0.3, -0.25) is 4.68 Å². The van der Waals surface area contributed by atoms with Crippen LogP contribution >= 0.6 is 0 Å². The van der Waals surface area contributed by atoms with Crippen LogP contribution in [0.2, 0.25) is 0 Å². The lowest BCUT2D eigenvalue weighted by molar-refractivity contribution is 0.349. The number of rotatable bonds is 1. The minimum absolute atomic E-state index is 0.0388. The fourth-order valence-corrected chi connectivity index (χ4v) is 1.90. The van der Waals surface area contributed by atoms with Gasteiger partial charge in [0, 0.05) is 11.3 Å². The lowest BCUT2D eigenvalue weighted by Crippen LogP contribution is -2.24. The van der Waals surface area contributed by atoms with E-state index in [9.17, 15) is 0 Å². The van der Waals surface area contributed by atoms with Gasteiger partial charge in [-0.1, -0.05) is 30.3 Å². The van der Waals surface area contributed by atoms with Gasteiger partial charge in [0.25, 0.3) is 0 Å². The van der Waals surface area contributed by atoms with Crippen LogP contribution in [-0.2, 0) is 5.54 Å². The lowest BCUT2D eigenvalue weighted by atomic mass is 10.1. The molecule has 0 bridgehead atoms. The first-order valence-electron chi connectivity index (χ1n) is 5.61. The van der Waals surface area contributed by atoms with Crippen molar-refractivity contribution in [3.63, 3.8) is 0 Å². The molecule has 0 saturated carbocycles. The molecule has 2 rings (SSSR count). The van der Waals surface area contributed by atoms with Crippen LogP contribution in [0.4, 0.5) is 0 Å². The minimum atomic E-state index is 0.0388. The molecule has 2 nitrogen and oxygen atoms in total. The number of hydrogen-bond donors (Lipinski definition) is 0. The molecule has 0 atom stereocenters. The first-order chi connectivity index (χ1) is 7.48. The van der Waals surface area contributed by atoms with E-state index in [2.05, 4.69) is 55.7 Å². The summed E-state index contributed by atoms with van der Waals surface area (Å²) in [5, 5.41) is 4.67. The monoisotopic (exact) mass is 214 g/mol. The molecule has 0 radical (unpaired) electrons. The molecule has 2 aromatic rings. The number of nitrogens with zero attached hydrogens (tertiary/aromatic N) is 2. The van der Waals surface area contributed by atoms with E-state index in [4.69, 9.17) is 0 Å². The molecule has 2 heteroatoms. The third-order valence-electron chi connectivity index (χ3n) is 2.59. The summed E-state index contributed by atoms with van der Waals surface area (Å²) < 4.78 is 2.08. The zero-order valence-electron chi connectivity index (χ0n) is 10.4. The van der Waals surface area contributed by atoms with Crippen molar-refractivity contribution in [3.8, 4) is 11.3 Å². The second-order valence-electron chi connectivity index (χ2n) is 5.12. The zero-order valence-corrected chi connectivity index (χ0v) is 10.4. The predicted molar refractivity (Wildman–Crippen MR) is 67.4 cm³/mol. The van der Waals surface area contributed by atoms with Crippen LogP contribution in [0.5, 0.6) is 0 Å². The summed E-state index contributed by atoms with van der Waals surface area (Å²) in [6.45, 7) is 8.61. The van der Waals surface area contributed by atoms with Gasteiger partial charge in [-0.15, -0.1) is 0 Å². The van der Waals surface area contributed by atoms with Gasteiger partial charge in [0.2, 0.25) is 0 Å².